The number of benzene rings is 1. The lowest BCUT2D eigenvalue weighted by Gasteiger charge is -2.15. The molecular formula is C16H13BrN4O3. The Morgan fingerprint density at radius 2 is 2.04 bits per heavy atom. The lowest BCUT2D eigenvalue weighted by Crippen LogP contribution is -2.33. The van der Waals surface area contributed by atoms with Gasteiger partial charge in [-0.2, -0.15) is 5.10 Å². The number of halogens is 1. The Morgan fingerprint density at radius 3 is 2.71 bits per heavy atom. The second kappa shape index (κ2) is 5.27. The number of amides is 2. The Morgan fingerprint density at radius 1 is 1.25 bits per heavy atom. The van der Waals surface area contributed by atoms with Gasteiger partial charge in [0.05, 0.1) is 11.9 Å². The molecule has 24 heavy (non-hydrogen) atoms. The quantitative estimate of drug-likeness (QED) is 0.734. The van der Waals surface area contributed by atoms with Crippen molar-refractivity contribution < 1.29 is 14.4 Å². The summed E-state index contributed by atoms with van der Waals surface area (Å²) in [5, 5.41) is 8.17. The third-order valence-electron chi connectivity index (χ3n) is 4.39. The fourth-order valence-corrected chi connectivity index (χ4v) is 3.41. The molecule has 4 rings (SSSR count). The van der Waals surface area contributed by atoms with E-state index in [1.165, 1.54) is 4.90 Å². The summed E-state index contributed by atoms with van der Waals surface area (Å²) in [6, 6.07) is 7.05. The molecule has 2 amide bonds. The smallest absolute Gasteiger partial charge is 0.278 e. The highest BCUT2D eigenvalue weighted by molar-refractivity contribution is 9.10. The molecule has 7 nitrogen and oxygen atoms in total. The molecular weight excluding hydrogens is 376 g/mol. The Hall–Kier alpha value is -2.48. The first kappa shape index (κ1) is 15.1. The number of fused-ring (bicyclic) bond motifs is 1. The van der Waals surface area contributed by atoms with Gasteiger partial charge in [0, 0.05) is 22.8 Å². The van der Waals surface area contributed by atoms with E-state index in [-0.39, 0.29) is 5.91 Å². The number of nitrogens with zero attached hydrogens (tertiary/aromatic N) is 4. The molecule has 1 aromatic carbocycles. The molecule has 1 aromatic heterocycles. The Labute approximate surface area is 146 Å². The third kappa shape index (κ3) is 2.02. The number of anilines is 1. The molecule has 8 heteroatoms. The zero-order valence-electron chi connectivity index (χ0n) is 12.9. The molecule has 3 heterocycles. The second-order valence-corrected chi connectivity index (χ2v) is 6.65. The molecule has 2 aliphatic heterocycles. The van der Waals surface area contributed by atoms with Crippen LogP contribution in [0.5, 0.6) is 0 Å². The van der Waals surface area contributed by atoms with E-state index in [2.05, 4.69) is 26.2 Å². The molecule has 0 bridgehead atoms. The molecule has 0 unspecified atom stereocenters. The van der Waals surface area contributed by atoms with Crippen LogP contribution in [0.1, 0.15) is 11.3 Å². The highest BCUT2D eigenvalue weighted by Gasteiger charge is 2.56. The Balaban J connectivity index is 1.74. The van der Waals surface area contributed by atoms with E-state index in [1.807, 2.05) is 20.0 Å². The summed E-state index contributed by atoms with van der Waals surface area (Å²) >= 11 is 3.36. The van der Waals surface area contributed by atoms with Crippen molar-refractivity contribution in [2.24, 2.45) is 18.1 Å². The van der Waals surface area contributed by atoms with Crippen molar-refractivity contribution in [3.8, 4) is 0 Å². The largest absolute Gasteiger partial charge is 0.381 e. The lowest BCUT2D eigenvalue weighted by molar-refractivity contribution is -0.126. The first-order chi connectivity index (χ1) is 11.5. The van der Waals surface area contributed by atoms with Crippen LogP contribution in [0.4, 0.5) is 5.69 Å². The van der Waals surface area contributed by atoms with E-state index in [0.717, 1.165) is 15.7 Å². The highest BCUT2D eigenvalue weighted by atomic mass is 79.9. The van der Waals surface area contributed by atoms with Gasteiger partial charge in [0.1, 0.15) is 11.6 Å². The van der Waals surface area contributed by atoms with Gasteiger partial charge in [-0.3, -0.25) is 14.3 Å². The number of oxime groups is 1. The van der Waals surface area contributed by atoms with Crippen molar-refractivity contribution in [1.82, 2.24) is 9.78 Å². The van der Waals surface area contributed by atoms with Gasteiger partial charge < -0.3 is 4.84 Å². The summed E-state index contributed by atoms with van der Waals surface area (Å²) in [6.45, 7) is 1.88. The van der Waals surface area contributed by atoms with E-state index < -0.39 is 17.9 Å². The number of aromatic nitrogens is 2. The van der Waals surface area contributed by atoms with Gasteiger partial charge >= 0.3 is 0 Å². The van der Waals surface area contributed by atoms with Crippen LogP contribution < -0.4 is 4.90 Å². The maximum atomic E-state index is 12.9. The second-order valence-electron chi connectivity index (χ2n) is 5.74. The molecule has 2 atom stereocenters. The van der Waals surface area contributed by atoms with E-state index >= 15 is 0 Å². The molecule has 1 fully saturated rings. The van der Waals surface area contributed by atoms with Crippen molar-refractivity contribution in [2.75, 3.05) is 4.90 Å². The zero-order valence-corrected chi connectivity index (χ0v) is 14.5. The van der Waals surface area contributed by atoms with Gasteiger partial charge in [-0.1, -0.05) is 27.2 Å². The van der Waals surface area contributed by atoms with Crippen LogP contribution in [0.25, 0.3) is 0 Å². The van der Waals surface area contributed by atoms with Crippen LogP contribution in [-0.4, -0.2) is 33.4 Å². The van der Waals surface area contributed by atoms with Crippen molar-refractivity contribution >= 4 is 39.1 Å². The average molecular weight is 389 g/mol. The Bertz CT molecular complexity index is 904. The summed E-state index contributed by atoms with van der Waals surface area (Å²) in [7, 11) is 1.81. The molecule has 0 spiro atoms. The van der Waals surface area contributed by atoms with Gasteiger partial charge in [-0.05, 0) is 25.1 Å². The molecule has 0 aliphatic carbocycles. The summed E-state index contributed by atoms with van der Waals surface area (Å²) < 4.78 is 2.48. The molecule has 1 saturated heterocycles. The van der Waals surface area contributed by atoms with E-state index in [0.29, 0.717) is 11.4 Å². The van der Waals surface area contributed by atoms with Crippen molar-refractivity contribution in [1.29, 1.82) is 0 Å². The number of imide groups is 1. The number of rotatable bonds is 2. The van der Waals surface area contributed by atoms with Crippen molar-refractivity contribution in [3.63, 3.8) is 0 Å². The summed E-state index contributed by atoms with van der Waals surface area (Å²) in [4.78, 5) is 32.0. The summed E-state index contributed by atoms with van der Waals surface area (Å²) in [5.74, 6) is -1.47. The predicted molar refractivity (Wildman–Crippen MR) is 89.5 cm³/mol. The fraction of sp³-hybridized carbons (Fsp3) is 0.250. The van der Waals surface area contributed by atoms with Crippen molar-refractivity contribution in [2.45, 2.75) is 13.0 Å². The zero-order chi connectivity index (χ0) is 17.0. The lowest BCUT2D eigenvalue weighted by atomic mass is 9.94. The topological polar surface area (TPSA) is 76.8 Å². The number of hydrogen-bond acceptors (Lipinski definition) is 5. The van der Waals surface area contributed by atoms with Gasteiger partial charge in [-0.15, -0.1) is 0 Å². The van der Waals surface area contributed by atoms with E-state index in [9.17, 15) is 9.59 Å². The third-order valence-corrected chi connectivity index (χ3v) is 4.88. The molecule has 2 aliphatic rings. The number of carbonyl (C=O) groups is 2. The molecule has 0 radical (unpaired) electrons. The SMILES string of the molecule is Cc1c(C2=NO[C@H]3C(=O)N(c4cccc(Br)c4)C(=O)[C@H]23)cnn1C. The molecule has 122 valence electrons. The van der Waals surface area contributed by atoms with E-state index in [4.69, 9.17) is 4.84 Å². The standard InChI is InChI=1S/C16H13BrN4O3/c1-8-11(7-18-20(8)2)13-12-14(24-19-13)16(23)21(15(12)22)10-5-3-4-9(17)6-10/h3-7,12,14H,1-2H3/t12-,14-/m1/s1. The van der Waals surface area contributed by atoms with Crippen LogP contribution in [0.2, 0.25) is 0 Å². The number of carbonyl (C=O) groups excluding carboxylic acids is 2. The Kier molecular flexibility index (Phi) is 3.31. The van der Waals surface area contributed by atoms with Crippen molar-refractivity contribution in [3.05, 3.63) is 46.2 Å². The minimum absolute atomic E-state index is 0.331. The molecule has 0 N–H and O–H groups in total. The maximum Gasteiger partial charge on any atom is 0.278 e. The van der Waals surface area contributed by atoms with E-state index in [1.54, 1.807) is 29.1 Å². The monoisotopic (exact) mass is 388 g/mol. The summed E-state index contributed by atoms with van der Waals surface area (Å²) in [5.41, 5.74) is 2.56. The van der Waals surface area contributed by atoms with Crippen LogP contribution in [0, 0.1) is 12.8 Å². The normalized spacial score (nSPS) is 22.6. The van der Waals surface area contributed by atoms with Gasteiger partial charge in [0.15, 0.2) is 0 Å². The summed E-state index contributed by atoms with van der Waals surface area (Å²) in [6.07, 6.45) is 0.727. The first-order valence-corrected chi connectivity index (χ1v) is 8.14. The number of aryl methyl sites for hydroxylation is 1. The molecule has 2 aromatic rings. The van der Waals surface area contributed by atoms with Gasteiger partial charge in [-0.25, -0.2) is 4.90 Å². The van der Waals surface area contributed by atoms with Crippen LogP contribution >= 0.6 is 15.9 Å². The number of hydrogen-bond donors (Lipinski definition) is 0. The fourth-order valence-electron chi connectivity index (χ4n) is 3.02. The minimum Gasteiger partial charge on any atom is -0.381 e. The van der Waals surface area contributed by atoms with Crippen LogP contribution in [0.15, 0.2) is 40.1 Å². The average Bonchev–Trinajstić information content (AvgIpc) is 3.18. The van der Waals surface area contributed by atoms with Crippen LogP contribution in [0.3, 0.4) is 0 Å². The molecule has 0 saturated carbocycles. The van der Waals surface area contributed by atoms with Crippen LogP contribution in [-0.2, 0) is 21.5 Å². The predicted octanol–water partition coefficient (Wildman–Crippen LogP) is 1.78. The maximum absolute atomic E-state index is 12.9. The van der Waals surface area contributed by atoms with Gasteiger partial charge in [0.2, 0.25) is 12.0 Å². The first-order valence-electron chi connectivity index (χ1n) is 7.35. The highest BCUT2D eigenvalue weighted by Crippen LogP contribution is 2.36. The van der Waals surface area contributed by atoms with Gasteiger partial charge in [0.25, 0.3) is 5.91 Å². The minimum atomic E-state index is -0.911.